The first kappa shape index (κ1) is 33.0. The second-order valence-corrected chi connectivity index (χ2v) is 19.1. The summed E-state index contributed by atoms with van der Waals surface area (Å²) < 4.78 is 27.3. The zero-order valence-corrected chi connectivity index (χ0v) is 28.5. The van der Waals surface area contributed by atoms with Gasteiger partial charge in [-0.1, -0.05) is 44.0 Å². The molecule has 40 heavy (non-hydrogen) atoms. The van der Waals surface area contributed by atoms with Gasteiger partial charge >= 0.3 is 6.09 Å². The number of nitrogens with one attached hydrogen (secondary N) is 1. The third kappa shape index (κ3) is 7.48. The SMILES string of the molecule is CC(C)(C)OC(=O)N1CC[C@H](Nc2c(C=O)c(Cl)nc3c(F)c(Br)c(Cl)cc23)C[C@H]1CCO[Si](C)(C)C(C)(C)C. The Kier molecular flexibility index (Phi) is 10.3. The van der Waals surface area contributed by atoms with Crippen LogP contribution < -0.4 is 5.32 Å². The molecule has 0 unspecified atom stereocenters. The predicted molar refractivity (Wildman–Crippen MR) is 166 cm³/mol. The smallest absolute Gasteiger partial charge is 0.410 e. The highest BCUT2D eigenvalue weighted by atomic mass is 79.9. The number of hydrogen-bond acceptors (Lipinski definition) is 6. The van der Waals surface area contributed by atoms with Gasteiger partial charge in [0.05, 0.1) is 20.7 Å². The van der Waals surface area contributed by atoms with Crippen LogP contribution in [0.4, 0.5) is 14.9 Å². The maximum absolute atomic E-state index is 15.1. The molecule has 0 spiro atoms. The third-order valence-corrected chi connectivity index (χ3v) is 13.8. The number of carbonyl (C=O) groups is 2. The van der Waals surface area contributed by atoms with Crippen LogP contribution in [0.25, 0.3) is 10.9 Å². The van der Waals surface area contributed by atoms with Gasteiger partial charge in [0, 0.05) is 30.6 Å². The number of piperidine rings is 1. The third-order valence-electron chi connectivity index (χ3n) is 7.64. The largest absolute Gasteiger partial charge is 0.444 e. The number of rotatable bonds is 7. The molecular formula is C28H39BrCl2FN3O4Si. The molecule has 1 amide bonds. The molecule has 1 aliphatic heterocycles. The van der Waals surface area contributed by atoms with Crippen molar-refractivity contribution in [2.24, 2.45) is 0 Å². The van der Waals surface area contributed by atoms with Gasteiger partial charge in [0.1, 0.15) is 16.3 Å². The Bertz CT molecular complexity index is 1280. The molecule has 2 heterocycles. The second kappa shape index (κ2) is 12.4. The van der Waals surface area contributed by atoms with E-state index in [0.717, 1.165) is 0 Å². The van der Waals surface area contributed by atoms with Gasteiger partial charge in [0.15, 0.2) is 20.4 Å². The Labute approximate surface area is 255 Å². The molecule has 0 saturated carbocycles. The average molecular weight is 680 g/mol. The molecule has 0 radical (unpaired) electrons. The van der Waals surface area contributed by atoms with E-state index >= 15 is 4.39 Å². The van der Waals surface area contributed by atoms with Crippen LogP contribution in [-0.4, -0.2) is 61.4 Å². The van der Waals surface area contributed by atoms with E-state index in [1.165, 1.54) is 0 Å². The van der Waals surface area contributed by atoms with E-state index in [2.05, 4.69) is 60.1 Å². The lowest BCUT2D eigenvalue weighted by Gasteiger charge is -2.42. The van der Waals surface area contributed by atoms with Crippen LogP contribution in [0.5, 0.6) is 0 Å². The number of nitrogens with zero attached hydrogens (tertiary/aromatic N) is 2. The standard InChI is InChI=1S/C28H39BrCl2FN3O4Si/c1-27(2,3)39-26(37)35-11-9-16(13-17(35)10-12-38-40(7,8)28(4,5)6)33-23-18-14-20(30)21(29)22(32)24(18)34-25(31)19(23)15-36/h14-17H,9-13H2,1-8H3,(H,33,34)/t16-,17+/m0/s1. The number of amides is 1. The molecule has 1 fully saturated rings. The number of fused-ring (bicyclic) bond motifs is 1. The minimum Gasteiger partial charge on any atom is -0.444 e. The Hall–Kier alpha value is -1.46. The number of benzene rings is 1. The second-order valence-electron chi connectivity index (χ2n) is 12.8. The van der Waals surface area contributed by atoms with Gasteiger partial charge in [-0.25, -0.2) is 14.2 Å². The number of carbonyl (C=O) groups excluding carboxylic acids is 2. The fourth-order valence-corrected chi connectivity index (χ4v) is 6.22. The van der Waals surface area contributed by atoms with Crippen molar-refractivity contribution in [1.29, 1.82) is 0 Å². The molecule has 1 N–H and O–H groups in total. The molecule has 1 aromatic carbocycles. The number of pyridine rings is 1. The number of hydrogen-bond donors (Lipinski definition) is 1. The zero-order chi connectivity index (χ0) is 30.2. The Morgan fingerprint density at radius 1 is 1.27 bits per heavy atom. The Morgan fingerprint density at radius 2 is 1.93 bits per heavy atom. The number of aldehydes is 1. The van der Waals surface area contributed by atoms with E-state index in [0.29, 0.717) is 49.8 Å². The van der Waals surface area contributed by atoms with E-state index in [4.69, 9.17) is 32.4 Å². The summed E-state index contributed by atoms with van der Waals surface area (Å²) in [5.74, 6) is -0.662. The monoisotopic (exact) mass is 677 g/mol. The van der Waals surface area contributed by atoms with E-state index in [1.54, 1.807) is 11.0 Å². The summed E-state index contributed by atoms with van der Waals surface area (Å²) in [5.41, 5.74) is -0.137. The van der Waals surface area contributed by atoms with E-state index in [9.17, 15) is 9.59 Å². The van der Waals surface area contributed by atoms with Gasteiger partial charge in [-0.2, -0.15) is 0 Å². The molecule has 2 atom stereocenters. The Morgan fingerprint density at radius 3 is 2.50 bits per heavy atom. The first-order valence-corrected chi connectivity index (χ1v) is 17.8. The van der Waals surface area contributed by atoms with Crippen molar-refractivity contribution in [3.8, 4) is 0 Å². The van der Waals surface area contributed by atoms with E-state index in [1.807, 2.05) is 20.8 Å². The minimum atomic E-state index is -1.98. The van der Waals surface area contributed by atoms with Crippen LogP contribution in [0, 0.1) is 5.82 Å². The first-order valence-electron chi connectivity index (χ1n) is 13.4. The van der Waals surface area contributed by atoms with Crippen LogP contribution in [0.3, 0.4) is 0 Å². The molecule has 7 nitrogen and oxygen atoms in total. The highest BCUT2D eigenvalue weighted by molar-refractivity contribution is 9.10. The molecule has 1 aliphatic rings. The lowest BCUT2D eigenvalue weighted by atomic mass is 9.94. The number of halogens is 4. The molecule has 12 heteroatoms. The topological polar surface area (TPSA) is 80.8 Å². The molecule has 3 rings (SSSR count). The van der Waals surface area contributed by atoms with Gasteiger partial charge < -0.3 is 19.4 Å². The van der Waals surface area contributed by atoms with Gasteiger partial charge in [-0.15, -0.1) is 0 Å². The number of likely N-dealkylation sites (tertiary alicyclic amines) is 1. The van der Waals surface area contributed by atoms with Crippen molar-refractivity contribution in [2.45, 2.75) is 96.6 Å². The minimum absolute atomic E-state index is 0.000105. The molecule has 0 aliphatic carbocycles. The summed E-state index contributed by atoms with van der Waals surface area (Å²) in [5, 5.41) is 3.87. The lowest BCUT2D eigenvalue weighted by molar-refractivity contribution is 0.00624. The molecule has 222 valence electrons. The predicted octanol–water partition coefficient (Wildman–Crippen LogP) is 8.85. The summed E-state index contributed by atoms with van der Waals surface area (Å²) in [6.07, 6.45) is 1.99. The van der Waals surface area contributed by atoms with Crippen molar-refractivity contribution in [1.82, 2.24) is 9.88 Å². The van der Waals surface area contributed by atoms with Crippen LogP contribution in [-0.2, 0) is 9.16 Å². The van der Waals surface area contributed by atoms with Crippen LogP contribution >= 0.6 is 39.1 Å². The van der Waals surface area contributed by atoms with Crippen LogP contribution in [0.2, 0.25) is 28.3 Å². The maximum Gasteiger partial charge on any atom is 0.410 e. The fraction of sp³-hybridized carbons (Fsp3) is 0.607. The number of aromatic nitrogens is 1. The normalized spacial score (nSPS) is 18.6. The summed E-state index contributed by atoms with van der Waals surface area (Å²) >= 11 is 15.7. The molecule has 1 saturated heterocycles. The number of ether oxygens (including phenoxy) is 1. The average Bonchev–Trinajstić information content (AvgIpc) is 2.82. The zero-order valence-electron chi connectivity index (χ0n) is 24.4. The first-order chi connectivity index (χ1) is 18.4. The van der Waals surface area contributed by atoms with E-state index in [-0.39, 0.29) is 48.9 Å². The molecule has 0 bridgehead atoms. The van der Waals surface area contributed by atoms with Gasteiger partial charge in [-0.3, -0.25) is 4.79 Å². The number of anilines is 1. The van der Waals surface area contributed by atoms with Crippen molar-refractivity contribution in [2.75, 3.05) is 18.5 Å². The van der Waals surface area contributed by atoms with Gasteiger partial charge in [0.25, 0.3) is 0 Å². The van der Waals surface area contributed by atoms with Crippen molar-refractivity contribution in [3.05, 3.63) is 32.1 Å². The maximum atomic E-state index is 15.1. The quantitative estimate of drug-likeness (QED) is 0.136. The van der Waals surface area contributed by atoms with E-state index < -0.39 is 19.7 Å². The van der Waals surface area contributed by atoms with Gasteiger partial charge in [-0.05, 0) is 80.2 Å². The fourth-order valence-electron chi connectivity index (χ4n) is 4.44. The highest BCUT2D eigenvalue weighted by Crippen LogP contribution is 2.40. The van der Waals surface area contributed by atoms with Crippen LogP contribution in [0.1, 0.15) is 71.2 Å². The summed E-state index contributed by atoms with van der Waals surface area (Å²) in [7, 11) is -1.98. The molecule has 2 aromatic rings. The molecule has 1 aromatic heterocycles. The van der Waals surface area contributed by atoms with Crippen LogP contribution in [0.15, 0.2) is 10.5 Å². The van der Waals surface area contributed by atoms with Crippen molar-refractivity contribution in [3.63, 3.8) is 0 Å². The van der Waals surface area contributed by atoms with Gasteiger partial charge in [0.2, 0.25) is 0 Å². The summed E-state index contributed by atoms with van der Waals surface area (Å²) in [6, 6.07) is 1.23. The summed E-state index contributed by atoms with van der Waals surface area (Å²) in [4.78, 5) is 31.1. The lowest BCUT2D eigenvalue weighted by Crippen LogP contribution is -2.51. The highest BCUT2D eigenvalue weighted by Gasteiger charge is 2.39. The summed E-state index contributed by atoms with van der Waals surface area (Å²) in [6.45, 7) is 17.4. The van der Waals surface area contributed by atoms with Crippen molar-refractivity contribution < 1.29 is 23.1 Å². The Balaban J connectivity index is 1.92. The molecular weight excluding hydrogens is 640 g/mol. The van der Waals surface area contributed by atoms with Crippen molar-refractivity contribution >= 4 is 76.4 Å².